The molecule has 1 saturated heterocycles. The number of nitrogens with one attached hydrogen (secondary N) is 2. The van der Waals surface area contributed by atoms with Crippen LogP contribution >= 0.6 is 11.6 Å². The molecule has 0 bridgehead atoms. The van der Waals surface area contributed by atoms with Gasteiger partial charge in [-0.05, 0) is 35.9 Å². The molecule has 37 heavy (non-hydrogen) atoms. The van der Waals surface area contributed by atoms with Gasteiger partial charge in [0.1, 0.15) is 6.54 Å². The van der Waals surface area contributed by atoms with E-state index in [1.165, 1.54) is 17.9 Å². The second-order valence-electron chi connectivity index (χ2n) is 8.92. The molecule has 2 aromatic carbocycles. The average molecular weight is 525 g/mol. The molecule has 1 fully saturated rings. The van der Waals surface area contributed by atoms with Gasteiger partial charge in [-0.25, -0.2) is 4.98 Å². The Morgan fingerprint density at radius 2 is 1.73 bits per heavy atom. The zero-order valence-electron chi connectivity index (χ0n) is 20.7. The van der Waals surface area contributed by atoms with Crippen molar-refractivity contribution in [3.05, 3.63) is 69.7 Å². The molecule has 1 aliphatic heterocycles. The van der Waals surface area contributed by atoms with Crippen molar-refractivity contribution in [2.24, 2.45) is 0 Å². The fourth-order valence-electron chi connectivity index (χ4n) is 4.37. The average Bonchev–Trinajstić information content (AvgIpc) is 2.90. The van der Waals surface area contributed by atoms with Gasteiger partial charge in [0.2, 0.25) is 17.7 Å². The van der Waals surface area contributed by atoms with Crippen molar-refractivity contribution in [3.63, 3.8) is 0 Å². The lowest BCUT2D eigenvalue weighted by Gasteiger charge is -2.35. The van der Waals surface area contributed by atoms with Gasteiger partial charge in [0.05, 0.1) is 29.7 Å². The van der Waals surface area contributed by atoms with Gasteiger partial charge in [-0.2, -0.15) is 0 Å². The zero-order chi connectivity index (χ0) is 26.5. The number of benzene rings is 2. The summed E-state index contributed by atoms with van der Waals surface area (Å²) < 4.78 is 1.26. The van der Waals surface area contributed by atoms with Crippen LogP contribution in [0.3, 0.4) is 0 Å². The van der Waals surface area contributed by atoms with Crippen LogP contribution in [0.25, 0.3) is 10.9 Å². The van der Waals surface area contributed by atoms with Crippen LogP contribution in [0.2, 0.25) is 5.02 Å². The molecule has 2 N–H and O–H groups in total. The summed E-state index contributed by atoms with van der Waals surface area (Å²) in [7, 11) is 1.53. The fourth-order valence-corrected chi connectivity index (χ4v) is 4.49. The summed E-state index contributed by atoms with van der Waals surface area (Å²) in [6.45, 7) is 3.89. The maximum atomic E-state index is 13.3. The van der Waals surface area contributed by atoms with E-state index >= 15 is 0 Å². The summed E-state index contributed by atoms with van der Waals surface area (Å²) in [5.41, 5.74) is 1.79. The Morgan fingerprint density at radius 1 is 1.03 bits per heavy atom. The lowest BCUT2D eigenvalue weighted by Crippen LogP contribution is -2.48. The number of fused-ring (bicyclic) bond motifs is 1. The van der Waals surface area contributed by atoms with E-state index in [1.54, 1.807) is 48.2 Å². The highest BCUT2D eigenvalue weighted by atomic mass is 35.5. The first-order valence-electron chi connectivity index (χ1n) is 12.0. The topological polar surface area (TPSA) is 117 Å². The van der Waals surface area contributed by atoms with Crippen LogP contribution in [0, 0.1) is 0 Å². The van der Waals surface area contributed by atoms with Crippen LogP contribution in [0.1, 0.15) is 24.9 Å². The molecule has 0 spiro atoms. The normalized spacial score (nSPS) is 14.4. The number of nitrogens with zero attached hydrogens (tertiary/aromatic N) is 4. The Kier molecular flexibility index (Phi) is 8.08. The van der Waals surface area contributed by atoms with E-state index in [1.807, 2.05) is 6.07 Å². The first kappa shape index (κ1) is 26.2. The van der Waals surface area contributed by atoms with Crippen molar-refractivity contribution in [2.45, 2.75) is 25.9 Å². The van der Waals surface area contributed by atoms with E-state index in [0.717, 1.165) is 11.3 Å². The maximum absolute atomic E-state index is 13.3. The Morgan fingerprint density at radius 3 is 2.38 bits per heavy atom. The van der Waals surface area contributed by atoms with Crippen LogP contribution in [0.15, 0.2) is 53.6 Å². The lowest BCUT2D eigenvalue weighted by atomic mass is 10.0. The van der Waals surface area contributed by atoms with Gasteiger partial charge in [-0.1, -0.05) is 23.7 Å². The predicted molar refractivity (Wildman–Crippen MR) is 141 cm³/mol. The molecule has 3 aromatic rings. The largest absolute Gasteiger partial charge is 0.368 e. The minimum absolute atomic E-state index is 0.0367. The van der Waals surface area contributed by atoms with Crippen molar-refractivity contribution in [3.8, 4) is 0 Å². The van der Waals surface area contributed by atoms with Gasteiger partial charge in [-0.3, -0.25) is 23.7 Å². The van der Waals surface area contributed by atoms with E-state index in [-0.39, 0.29) is 30.3 Å². The SMILES string of the molecule is CNC(=O)C[C@@H](NC(=O)Cn1cnc2ccc(N3CCN(C(C)=O)CC3)cc2c1=O)c1ccc(Cl)cc1. The van der Waals surface area contributed by atoms with E-state index in [0.29, 0.717) is 42.1 Å². The Bertz CT molecular complexity index is 1370. The van der Waals surface area contributed by atoms with E-state index < -0.39 is 11.9 Å². The summed E-state index contributed by atoms with van der Waals surface area (Å²) in [5, 5.41) is 6.36. The van der Waals surface area contributed by atoms with Crippen molar-refractivity contribution < 1.29 is 14.4 Å². The van der Waals surface area contributed by atoms with Gasteiger partial charge in [0, 0.05) is 50.9 Å². The molecule has 10 nitrogen and oxygen atoms in total. The van der Waals surface area contributed by atoms with Crippen molar-refractivity contribution >= 4 is 45.9 Å². The number of hydrogen-bond acceptors (Lipinski definition) is 6. The van der Waals surface area contributed by atoms with Crippen LogP contribution in [0.5, 0.6) is 0 Å². The van der Waals surface area contributed by atoms with Crippen molar-refractivity contribution in [2.75, 3.05) is 38.1 Å². The number of amides is 3. The van der Waals surface area contributed by atoms with Crippen LogP contribution < -0.4 is 21.1 Å². The molecule has 0 saturated carbocycles. The van der Waals surface area contributed by atoms with Crippen molar-refractivity contribution in [1.82, 2.24) is 25.1 Å². The van der Waals surface area contributed by atoms with Crippen molar-refractivity contribution in [1.29, 1.82) is 0 Å². The highest BCUT2D eigenvalue weighted by Gasteiger charge is 2.21. The number of halogens is 1. The monoisotopic (exact) mass is 524 g/mol. The highest BCUT2D eigenvalue weighted by Crippen LogP contribution is 2.21. The molecule has 0 unspecified atom stereocenters. The number of anilines is 1. The third kappa shape index (κ3) is 6.26. The van der Waals surface area contributed by atoms with E-state index in [9.17, 15) is 19.2 Å². The van der Waals surface area contributed by atoms with Gasteiger partial charge < -0.3 is 20.4 Å². The molecule has 1 atom stereocenters. The molecular formula is C26H29ClN6O4. The van der Waals surface area contributed by atoms with Gasteiger partial charge >= 0.3 is 0 Å². The molecule has 1 aromatic heterocycles. The lowest BCUT2D eigenvalue weighted by molar-refractivity contribution is -0.129. The Hall–Kier alpha value is -3.92. The minimum Gasteiger partial charge on any atom is -0.368 e. The van der Waals surface area contributed by atoms with Gasteiger partial charge in [0.25, 0.3) is 5.56 Å². The summed E-state index contributed by atoms with van der Waals surface area (Å²) in [4.78, 5) is 58.1. The molecule has 3 amide bonds. The molecule has 2 heterocycles. The van der Waals surface area contributed by atoms with Gasteiger partial charge in [0.15, 0.2) is 0 Å². The Balaban J connectivity index is 1.52. The molecule has 1 aliphatic rings. The number of carbonyl (C=O) groups excluding carboxylic acids is 3. The summed E-state index contributed by atoms with van der Waals surface area (Å²) in [6.07, 6.45) is 1.39. The second kappa shape index (κ2) is 11.4. The van der Waals surface area contributed by atoms with Crippen LogP contribution in [-0.4, -0.2) is 65.4 Å². The number of aromatic nitrogens is 2. The minimum atomic E-state index is -0.589. The summed E-state index contributed by atoms with van der Waals surface area (Å²) in [6, 6.07) is 11.8. The number of rotatable bonds is 7. The Labute approximate surface area is 219 Å². The molecule has 0 aliphatic carbocycles. The quantitative estimate of drug-likeness (QED) is 0.486. The number of hydrogen-bond donors (Lipinski definition) is 2. The molecule has 0 radical (unpaired) electrons. The smallest absolute Gasteiger partial charge is 0.261 e. The summed E-state index contributed by atoms with van der Waals surface area (Å²) in [5.74, 6) is -0.609. The van der Waals surface area contributed by atoms with E-state index in [4.69, 9.17) is 11.6 Å². The predicted octanol–water partition coefficient (Wildman–Crippen LogP) is 1.71. The van der Waals surface area contributed by atoms with E-state index in [2.05, 4.69) is 20.5 Å². The molecule has 194 valence electrons. The fraction of sp³-hybridized carbons (Fsp3) is 0.346. The third-order valence-electron chi connectivity index (χ3n) is 6.49. The summed E-state index contributed by atoms with van der Waals surface area (Å²) >= 11 is 5.98. The number of carbonyl (C=O) groups is 3. The third-order valence-corrected chi connectivity index (χ3v) is 6.74. The molecular weight excluding hydrogens is 496 g/mol. The zero-order valence-corrected chi connectivity index (χ0v) is 21.5. The maximum Gasteiger partial charge on any atom is 0.261 e. The number of piperazine rings is 1. The standard InChI is InChI=1S/C26H29ClN6O4/c1-17(34)31-9-11-32(12-10-31)20-7-8-22-21(13-20)26(37)33(16-29-22)15-25(36)30-23(14-24(35)28-2)18-3-5-19(27)6-4-18/h3-8,13,16,23H,9-12,14-15H2,1-2H3,(H,28,35)(H,30,36)/t23-/m1/s1. The first-order chi connectivity index (χ1) is 17.7. The molecule has 11 heteroatoms. The van der Waals surface area contributed by atoms with Crippen LogP contribution in [-0.2, 0) is 20.9 Å². The van der Waals surface area contributed by atoms with Gasteiger partial charge in [-0.15, -0.1) is 0 Å². The van der Waals surface area contributed by atoms with Crippen LogP contribution in [0.4, 0.5) is 5.69 Å². The first-order valence-corrected chi connectivity index (χ1v) is 12.4. The second-order valence-corrected chi connectivity index (χ2v) is 9.36. The molecule has 4 rings (SSSR count). The highest BCUT2D eigenvalue weighted by molar-refractivity contribution is 6.30.